The molecule has 0 spiro atoms. The predicted molar refractivity (Wildman–Crippen MR) is 118 cm³/mol. The zero-order chi connectivity index (χ0) is 21.5. The maximum Gasteiger partial charge on any atom is 0.225 e. The maximum absolute atomic E-state index is 9.70. The van der Waals surface area contributed by atoms with Crippen LogP contribution >= 0.6 is 0 Å². The van der Waals surface area contributed by atoms with E-state index in [1.54, 1.807) is 14.2 Å². The van der Waals surface area contributed by atoms with E-state index in [1.807, 2.05) is 37.3 Å². The predicted octanol–water partition coefficient (Wildman–Crippen LogP) is 3.54. The summed E-state index contributed by atoms with van der Waals surface area (Å²) in [6, 6.07) is 9.43. The average Bonchev–Trinajstić information content (AvgIpc) is 2.77. The summed E-state index contributed by atoms with van der Waals surface area (Å²) in [7, 11) is 3.25. The van der Waals surface area contributed by atoms with Crippen LogP contribution in [0.4, 0.5) is 11.8 Å². The van der Waals surface area contributed by atoms with Gasteiger partial charge >= 0.3 is 0 Å². The van der Waals surface area contributed by atoms with Gasteiger partial charge in [0, 0.05) is 23.9 Å². The van der Waals surface area contributed by atoms with Crippen LogP contribution in [-0.4, -0.2) is 46.9 Å². The van der Waals surface area contributed by atoms with Gasteiger partial charge in [0.15, 0.2) is 5.82 Å². The maximum atomic E-state index is 9.70. The van der Waals surface area contributed by atoms with Gasteiger partial charge in [-0.05, 0) is 37.6 Å². The third-order valence-electron chi connectivity index (χ3n) is 4.81. The van der Waals surface area contributed by atoms with Crippen molar-refractivity contribution in [1.29, 1.82) is 0 Å². The Morgan fingerprint density at radius 2 is 1.90 bits per heavy atom. The Labute approximate surface area is 176 Å². The number of aliphatic hydroxyl groups is 1. The average molecular weight is 412 g/mol. The topological polar surface area (TPSA) is 101 Å². The van der Waals surface area contributed by atoms with E-state index in [2.05, 4.69) is 32.5 Å². The van der Waals surface area contributed by atoms with Gasteiger partial charge in [-0.25, -0.2) is 9.97 Å². The van der Waals surface area contributed by atoms with Crippen molar-refractivity contribution >= 4 is 22.8 Å². The molecule has 0 saturated heterocycles. The Morgan fingerprint density at radius 1 is 1.07 bits per heavy atom. The van der Waals surface area contributed by atoms with E-state index >= 15 is 0 Å². The van der Waals surface area contributed by atoms with Gasteiger partial charge in [0.2, 0.25) is 5.95 Å². The fourth-order valence-corrected chi connectivity index (χ4v) is 3.21. The van der Waals surface area contributed by atoms with Crippen molar-refractivity contribution in [3.05, 3.63) is 41.6 Å². The van der Waals surface area contributed by atoms with Gasteiger partial charge < -0.3 is 25.2 Å². The van der Waals surface area contributed by atoms with Crippen LogP contribution < -0.4 is 20.1 Å². The van der Waals surface area contributed by atoms with E-state index in [-0.39, 0.29) is 12.6 Å². The molecular formula is C22H29N5O3. The normalized spacial score (nSPS) is 11.9. The molecule has 3 rings (SSSR count). The first kappa shape index (κ1) is 21.6. The number of hydrogen-bond acceptors (Lipinski definition) is 8. The van der Waals surface area contributed by atoms with Crippen molar-refractivity contribution < 1.29 is 14.6 Å². The Balaban J connectivity index is 1.90. The van der Waals surface area contributed by atoms with Crippen LogP contribution in [0, 0.1) is 6.92 Å². The summed E-state index contributed by atoms with van der Waals surface area (Å²) in [4.78, 5) is 13.8. The molecular weight excluding hydrogens is 382 g/mol. The molecule has 8 nitrogen and oxygen atoms in total. The lowest BCUT2D eigenvalue weighted by Crippen LogP contribution is -2.24. The Morgan fingerprint density at radius 3 is 2.60 bits per heavy atom. The van der Waals surface area contributed by atoms with Crippen molar-refractivity contribution in [2.24, 2.45) is 0 Å². The SMILES string of the molecule is CCCC(CO)Nc1nc(NCc2ccc(OC)cc2OC)nc2ccc(C)nc12. The lowest BCUT2D eigenvalue weighted by molar-refractivity contribution is 0.268. The quantitative estimate of drug-likeness (QED) is 0.466. The first-order valence-corrected chi connectivity index (χ1v) is 10.1. The second-order valence-corrected chi connectivity index (χ2v) is 7.06. The van der Waals surface area contributed by atoms with Gasteiger partial charge in [0.25, 0.3) is 0 Å². The summed E-state index contributed by atoms with van der Waals surface area (Å²) >= 11 is 0. The minimum absolute atomic E-state index is 0.0248. The second-order valence-electron chi connectivity index (χ2n) is 7.06. The van der Waals surface area contributed by atoms with Crippen LogP contribution in [0.2, 0.25) is 0 Å². The van der Waals surface area contributed by atoms with Gasteiger partial charge in [-0.1, -0.05) is 13.3 Å². The largest absolute Gasteiger partial charge is 0.497 e. The van der Waals surface area contributed by atoms with Gasteiger partial charge in [-0.2, -0.15) is 4.98 Å². The molecule has 30 heavy (non-hydrogen) atoms. The van der Waals surface area contributed by atoms with E-state index in [9.17, 15) is 5.11 Å². The van der Waals surface area contributed by atoms with Gasteiger partial charge in [0.1, 0.15) is 17.0 Å². The number of benzene rings is 1. The molecule has 0 radical (unpaired) electrons. The molecule has 2 aromatic heterocycles. The van der Waals surface area contributed by atoms with Crippen LogP contribution in [-0.2, 0) is 6.54 Å². The molecule has 0 bridgehead atoms. The number of hydrogen-bond donors (Lipinski definition) is 3. The molecule has 0 aliphatic rings. The molecule has 1 unspecified atom stereocenters. The highest BCUT2D eigenvalue weighted by Gasteiger charge is 2.14. The Kier molecular flexibility index (Phi) is 7.24. The van der Waals surface area contributed by atoms with E-state index in [1.165, 1.54) is 0 Å². The number of methoxy groups -OCH3 is 2. The Hall–Kier alpha value is -3.13. The van der Waals surface area contributed by atoms with Crippen LogP contribution in [0.3, 0.4) is 0 Å². The van der Waals surface area contributed by atoms with Crippen molar-refractivity contribution in [2.45, 2.75) is 39.3 Å². The minimum atomic E-state index is -0.0926. The summed E-state index contributed by atoms with van der Waals surface area (Å²) in [6.07, 6.45) is 1.79. The number of aryl methyl sites for hydroxylation is 1. The number of aliphatic hydroxyl groups excluding tert-OH is 1. The molecule has 0 aliphatic carbocycles. The van der Waals surface area contributed by atoms with E-state index < -0.39 is 0 Å². The molecule has 1 atom stereocenters. The van der Waals surface area contributed by atoms with Gasteiger partial charge in [0.05, 0.1) is 32.4 Å². The molecule has 8 heteroatoms. The molecule has 0 fully saturated rings. The fourth-order valence-electron chi connectivity index (χ4n) is 3.21. The van der Waals surface area contributed by atoms with Crippen LogP contribution in [0.1, 0.15) is 31.0 Å². The highest BCUT2D eigenvalue weighted by Crippen LogP contribution is 2.26. The summed E-state index contributed by atoms with van der Waals surface area (Å²) in [5.74, 6) is 2.54. The highest BCUT2D eigenvalue weighted by atomic mass is 16.5. The van der Waals surface area contributed by atoms with Gasteiger partial charge in [-0.15, -0.1) is 0 Å². The summed E-state index contributed by atoms with van der Waals surface area (Å²) in [5, 5.41) is 16.3. The zero-order valence-corrected chi connectivity index (χ0v) is 17.9. The lowest BCUT2D eigenvalue weighted by atomic mass is 10.2. The molecule has 3 aromatic rings. The number of nitrogens with zero attached hydrogens (tertiary/aromatic N) is 3. The molecule has 0 aliphatic heterocycles. The summed E-state index contributed by atoms with van der Waals surface area (Å²) < 4.78 is 10.7. The van der Waals surface area contributed by atoms with E-state index in [4.69, 9.17) is 9.47 Å². The zero-order valence-electron chi connectivity index (χ0n) is 17.9. The lowest BCUT2D eigenvalue weighted by Gasteiger charge is -2.18. The Bertz CT molecular complexity index is 996. The van der Waals surface area contributed by atoms with Crippen LogP contribution in [0.5, 0.6) is 11.5 Å². The number of anilines is 2. The standard InChI is InChI=1S/C22H29N5O3/c1-5-6-16(13-28)25-21-20-18(10-7-14(2)24-20)26-22(27-21)23-12-15-8-9-17(29-3)11-19(15)30-4/h7-11,16,28H,5-6,12-13H2,1-4H3,(H2,23,25,26,27). The minimum Gasteiger partial charge on any atom is -0.497 e. The highest BCUT2D eigenvalue weighted by molar-refractivity contribution is 5.86. The van der Waals surface area contributed by atoms with Crippen molar-refractivity contribution in [1.82, 2.24) is 15.0 Å². The number of aromatic nitrogens is 3. The smallest absolute Gasteiger partial charge is 0.225 e. The van der Waals surface area contributed by atoms with Crippen molar-refractivity contribution in [3.8, 4) is 11.5 Å². The first-order valence-electron chi connectivity index (χ1n) is 10.1. The summed E-state index contributed by atoms with van der Waals surface area (Å²) in [5.41, 5.74) is 3.26. The number of pyridine rings is 1. The number of nitrogens with one attached hydrogen (secondary N) is 2. The first-order chi connectivity index (χ1) is 14.6. The number of rotatable bonds is 10. The third-order valence-corrected chi connectivity index (χ3v) is 4.81. The molecule has 1 aromatic carbocycles. The number of fused-ring (bicyclic) bond motifs is 1. The molecule has 160 valence electrons. The van der Waals surface area contributed by atoms with E-state index in [0.29, 0.717) is 23.8 Å². The van der Waals surface area contributed by atoms with Crippen molar-refractivity contribution in [3.63, 3.8) is 0 Å². The van der Waals surface area contributed by atoms with E-state index in [0.717, 1.165) is 41.1 Å². The van der Waals surface area contributed by atoms with Gasteiger partial charge in [-0.3, -0.25) is 0 Å². The second kappa shape index (κ2) is 10.1. The van der Waals surface area contributed by atoms with Crippen molar-refractivity contribution in [2.75, 3.05) is 31.5 Å². The molecule has 2 heterocycles. The van der Waals surface area contributed by atoms with Crippen LogP contribution in [0.15, 0.2) is 30.3 Å². The molecule has 0 amide bonds. The summed E-state index contributed by atoms with van der Waals surface area (Å²) in [6.45, 7) is 4.52. The third kappa shape index (κ3) is 5.07. The van der Waals surface area contributed by atoms with Crippen LogP contribution in [0.25, 0.3) is 11.0 Å². The fraction of sp³-hybridized carbons (Fsp3) is 0.409. The molecule has 3 N–H and O–H groups in total. The number of ether oxygens (including phenoxy) is 2. The molecule has 0 saturated carbocycles. The monoisotopic (exact) mass is 411 g/mol.